The first-order chi connectivity index (χ1) is 12.2. The van der Waals surface area contributed by atoms with Crippen molar-refractivity contribution in [3.63, 3.8) is 0 Å². The molecule has 3 rings (SSSR count). The normalized spacial score (nSPS) is 10.6. The fraction of sp³-hybridized carbons (Fsp3) is 0.250. The predicted molar refractivity (Wildman–Crippen MR) is 96.4 cm³/mol. The molecule has 5 heteroatoms. The minimum atomic E-state index is 0.615. The number of aromatic nitrogens is 1. The number of nitrogens with zero attached hydrogens (tertiary/aromatic N) is 1. The van der Waals surface area contributed by atoms with Crippen LogP contribution < -0.4 is 14.2 Å². The molecule has 0 aliphatic heterocycles. The van der Waals surface area contributed by atoms with E-state index in [9.17, 15) is 0 Å². The van der Waals surface area contributed by atoms with Crippen molar-refractivity contribution in [2.75, 3.05) is 21.3 Å². The first kappa shape index (κ1) is 16.9. The van der Waals surface area contributed by atoms with Gasteiger partial charge in [-0.3, -0.25) is 0 Å². The highest BCUT2D eigenvalue weighted by atomic mass is 16.5. The maximum absolute atomic E-state index is 5.62. The molecule has 0 spiro atoms. The van der Waals surface area contributed by atoms with Gasteiger partial charge in [-0.15, -0.1) is 0 Å². The lowest BCUT2D eigenvalue weighted by Crippen LogP contribution is -1.96. The van der Waals surface area contributed by atoms with Crippen LogP contribution >= 0.6 is 0 Å². The molecule has 0 aliphatic carbocycles. The SMILES string of the molecule is CCc1onc(-c2c(OC)cc(OC)cc2OC)c1-c1ccccc1. The molecule has 5 nitrogen and oxygen atoms in total. The molecule has 0 saturated heterocycles. The summed E-state index contributed by atoms with van der Waals surface area (Å²) in [6, 6.07) is 13.7. The van der Waals surface area contributed by atoms with Crippen LogP contribution in [-0.4, -0.2) is 26.5 Å². The standard InChI is InChI=1S/C20H21NO4/c1-5-15-18(13-9-7-6-8-10-13)20(21-25-15)19-16(23-3)11-14(22-2)12-17(19)24-4/h6-12H,5H2,1-4H3. The van der Waals surface area contributed by atoms with Gasteiger partial charge in [0.1, 0.15) is 28.7 Å². The van der Waals surface area contributed by atoms with Crippen molar-refractivity contribution in [3.05, 3.63) is 48.2 Å². The molecule has 0 unspecified atom stereocenters. The fourth-order valence-corrected chi connectivity index (χ4v) is 2.88. The Labute approximate surface area is 147 Å². The minimum Gasteiger partial charge on any atom is -0.496 e. The topological polar surface area (TPSA) is 53.7 Å². The van der Waals surface area contributed by atoms with E-state index in [0.29, 0.717) is 22.9 Å². The minimum absolute atomic E-state index is 0.615. The highest BCUT2D eigenvalue weighted by Gasteiger charge is 2.25. The zero-order valence-electron chi connectivity index (χ0n) is 14.8. The molecule has 0 fully saturated rings. The zero-order valence-corrected chi connectivity index (χ0v) is 14.8. The molecule has 1 aromatic heterocycles. The Morgan fingerprint density at radius 1 is 0.880 bits per heavy atom. The van der Waals surface area contributed by atoms with Crippen molar-refractivity contribution in [1.29, 1.82) is 0 Å². The van der Waals surface area contributed by atoms with Crippen LogP contribution in [0.15, 0.2) is 47.0 Å². The van der Waals surface area contributed by atoms with E-state index < -0.39 is 0 Å². The lowest BCUT2D eigenvalue weighted by molar-refractivity contribution is 0.373. The van der Waals surface area contributed by atoms with Crippen LogP contribution in [0.4, 0.5) is 0 Å². The van der Waals surface area contributed by atoms with Gasteiger partial charge in [0, 0.05) is 18.6 Å². The summed E-state index contributed by atoms with van der Waals surface area (Å²) in [7, 11) is 4.83. The number of hydrogen-bond acceptors (Lipinski definition) is 5. The molecule has 25 heavy (non-hydrogen) atoms. The third kappa shape index (κ3) is 3.05. The molecule has 130 valence electrons. The van der Waals surface area contributed by atoms with Gasteiger partial charge in [0.15, 0.2) is 0 Å². The Morgan fingerprint density at radius 2 is 1.52 bits per heavy atom. The third-order valence-corrected chi connectivity index (χ3v) is 4.10. The number of hydrogen-bond donors (Lipinski definition) is 0. The summed E-state index contributed by atoms with van der Waals surface area (Å²) in [5, 5.41) is 4.33. The molecule has 1 heterocycles. The van der Waals surface area contributed by atoms with E-state index in [0.717, 1.165) is 28.9 Å². The van der Waals surface area contributed by atoms with E-state index in [1.54, 1.807) is 21.3 Å². The van der Waals surface area contributed by atoms with Crippen LogP contribution in [0.3, 0.4) is 0 Å². The summed E-state index contributed by atoms with van der Waals surface area (Å²) in [6.07, 6.45) is 0.734. The zero-order chi connectivity index (χ0) is 17.8. The second-order valence-corrected chi connectivity index (χ2v) is 5.46. The van der Waals surface area contributed by atoms with Gasteiger partial charge in [0.05, 0.1) is 32.5 Å². The number of ether oxygens (including phenoxy) is 3. The molecule has 0 aliphatic rings. The molecular formula is C20H21NO4. The maximum Gasteiger partial charge on any atom is 0.144 e. The summed E-state index contributed by atoms with van der Waals surface area (Å²) in [5.74, 6) is 2.70. The molecule has 2 aromatic carbocycles. The van der Waals surface area contributed by atoms with Gasteiger partial charge >= 0.3 is 0 Å². The molecule has 0 amide bonds. The Morgan fingerprint density at radius 3 is 2.04 bits per heavy atom. The molecule has 3 aromatic rings. The predicted octanol–water partition coefficient (Wildman–Crippen LogP) is 4.60. The fourth-order valence-electron chi connectivity index (χ4n) is 2.88. The smallest absolute Gasteiger partial charge is 0.144 e. The highest BCUT2D eigenvalue weighted by Crippen LogP contribution is 2.45. The van der Waals surface area contributed by atoms with E-state index in [1.165, 1.54) is 0 Å². The second-order valence-electron chi connectivity index (χ2n) is 5.46. The average Bonchev–Trinajstić information content (AvgIpc) is 3.10. The Bertz CT molecular complexity index is 830. The van der Waals surface area contributed by atoms with Crippen LogP contribution in [-0.2, 0) is 6.42 Å². The van der Waals surface area contributed by atoms with E-state index in [-0.39, 0.29) is 0 Å². The van der Waals surface area contributed by atoms with Crippen molar-refractivity contribution >= 4 is 0 Å². The summed E-state index contributed by atoms with van der Waals surface area (Å²) in [5.41, 5.74) is 3.42. The van der Waals surface area contributed by atoms with Crippen molar-refractivity contribution in [1.82, 2.24) is 5.16 Å². The summed E-state index contributed by atoms with van der Waals surface area (Å²) in [4.78, 5) is 0. The largest absolute Gasteiger partial charge is 0.496 e. The van der Waals surface area contributed by atoms with Gasteiger partial charge < -0.3 is 18.7 Å². The van der Waals surface area contributed by atoms with Crippen LogP contribution in [0, 0.1) is 0 Å². The van der Waals surface area contributed by atoms with Crippen molar-refractivity contribution < 1.29 is 18.7 Å². The van der Waals surface area contributed by atoms with E-state index in [2.05, 4.69) is 5.16 Å². The first-order valence-electron chi connectivity index (χ1n) is 8.07. The highest BCUT2D eigenvalue weighted by molar-refractivity contribution is 5.88. The molecule has 0 atom stereocenters. The van der Waals surface area contributed by atoms with Crippen LogP contribution in [0.25, 0.3) is 22.4 Å². The quantitative estimate of drug-likeness (QED) is 0.657. The maximum atomic E-state index is 5.62. The van der Waals surface area contributed by atoms with Gasteiger partial charge in [0.25, 0.3) is 0 Å². The summed E-state index contributed by atoms with van der Waals surface area (Å²) < 4.78 is 22.1. The van der Waals surface area contributed by atoms with E-state index >= 15 is 0 Å². The summed E-state index contributed by atoms with van der Waals surface area (Å²) >= 11 is 0. The monoisotopic (exact) mass is 339 g/mol. The molecule has 0 bridgehead atoms. The Balaban J connectivity index is 2.29. The van der Waals surface area contributed by atoms with Crippen molar-refractivity contribution in [2.24, 2.45) is 0 Å². The Hall–Kier alpha value is -2.95. The summed E-state index contributed by atoms with van der Waals surface area (Å²) in [6.45, 7) is 2.04. The molecule has 0 radical (unpaired) electrons. The van der Waals surface area contributed by atoms with E-state index in [4.69, 9.17) is 18.7 Å². The lowest BCUT2D eigenvalue weighted by atomic mass is 9.97. The van der Waals surface area contributed by atoms with Crippen LogP contribution in [0.2, 0.25) is 0 Å². The van der Waals surface area contributed by atoms with Gasteiger partial charge in [-0.2, -0.15) is 0 Å². The first-order valence-corrected chi connectivity index (χ1v) is 8.07. The molecule has 0 saturated carbocycles. The number of methoxy groups -OCH3 is 3. The van der Waals surface area contributed by atoms with Gasteiger partial charge in [-0.05, 0) is 5.56 Å². The lowest BCUT2D eigenvalue weighted by Gasteiger charge is -2.14. The molecule has 0 N–H and O–H groups in total. The molecular weight excluding hydrogens is 318 g/mol. The van der Waals surface area contributed by atoms with Crippen LogP contribution in [0.1, 0.15) is 12.7 Å². The van der Waals surface area contributed by atoms with E-state index in [1.807, 2.05) is 49.4 Å². The second kappa shape index (κ2) is 7.30. The van der Waals surface area contributed by atoms with Crippen molar-refractivity contribution in [2.45, 2.75) is 13.3 Å². The Kier molecular flexibility index (Phi) is 4.93. The van der Waals surface area contributed by atoms with Gasteiger partial charge in [-0.1, -0.05) is 42.4 Å². The number of rotatable bonds is 6. The van der Waals surface area contributed by atoms with Gasteiger partial charge in [-0.25, -0.2) is 0 Å². The number of aryl methyl sites for hydroxylation is 1. The van der Waals surface area contributed by atoms with Gasteiger partial charge in [0.2, 0.25) is 0 Å². The van der Waals surface area contributed by atoms with Crippen molar-refractivity contribution in [3.8, 4) is 39.6 Å². The number of benzene rings is 2. The third-order valence-electron chi connectivity index (χ3n) is 4.10. The van der Waals surface area contributed by atoms with Crippen LogP contribution in [0.5, 0.6) is 17.2 Å². The average molecular weight is 339 g/mol.